The van der Waals surface area contributed by atoms with Crippen molar-refractivity contribution in [2.75, 3.05) is 5.75 Å². The van der Waals surface area contributed by atoms with Gasteiger partial charge in [-0.1, -0.05) is 18.2 Å². The summed E-state index contributed by atoms with van der Waals surface area (Å²) in [5, 5.41) is 4.36. The lowest BCUT2D eigenvalue weighted by Crippen LogP contribution is -2.15. The maximum Gasteiger partial charge on any atom is 0.180 e. The molecule has 102 valence electrons. The molecule has 0 aliphatic heterocycles. The van der Waals surface area contributed by atoms with Crippen LogP contribution in [-0.2, 0) is 16.4 Å². The van der Waals surface area contributed by atoms with Crippen LogP contribution in [0.2, 0.25) is 0 Å². The van der Waals surface area contributed by atoms with Crippen LogP contribution in [0.3, 0.4) is 0 Å². The van der Waals surface area contributed by atoms with Gasteiger partial charge in [-0.3, -0.25) is 4.68 Å². The van der Waals surface area contributed by atoms with E-state index in [0.29, 0.717) is 11.4 Å². The summed E-state index contributed by atoms with van der Waals surface area (Å²) in [4.78, 5) is 0.369. The minimum atomic E-state index is -3.24. The van der Waals surface area contributed by atoms with E-state index in [9.17, 15) is 8.42 Å². The van der Waals surface area contributed by atoms with Gasteiger partial charge in [0.1, 0.15) is 0 Å². The average molecular weight is 278 g/mol. The van der Waals surface area contributed by atoms with Crippen molar-refractivity contribution >= 4 is 9.84 Å². The second-order valence-corrected chi connectivity index (χ2v) is 6.76. The predicted molar refractivity (Wildman–Crippen MR) is 74.9 cm³/mol. The van der Waals surface area contributed by atoms with Gasteiger partial charge in [0.2, 0.25) is 0 Å². The standard InChI is InChI=1S/C14H18N2O2S/c1-11-12(2)15-16(13(11)3)9-10-19(17,18)14-7-5-4-6-8-14/h4-8H,9-10H2,1-3H3. The monoisotopic (exact) mass is 278 g/mol. The van der Waals surface area contributed by atoms with Gasteiger partial charge in [0.05, 0.1) is 22.9 Å². The van der Waals surface area contributed by atoms with Crippen LogP contribution in [-0.4, -0.2) is 24.0 Å². The molecule has 4 nitrogen and oxygen atoms in total. The van der Waals surface area contributed by atoms with Crippen molar-refractivity contribution in [3.63, 3.8) is 0 Å². The van der Waals surface area contributed by atoms with Crippen LogP contribution < -0.4 is 0 Å². The number of hydrogen-bond acceptors (Lipinski definition) is 3. The third kappa shape index (κ3) is 2.87. The number of nitrogens with zero attached hydrogens (tertiary/aromatic N) is 2. The molecule has 0 bridgehead atoms. The van der Waals surface area contributed by atoms with Crippen molar-refractivity contribution in [3.8, 4) is 0 Å². The quantitative estimate of drug-likeness (QED) is 0.862. The van der Waals surface area contributed by atoms with E-state index >= 15 is 0 Å². The zero-order chi connectivity index (χ0) is 14.0. The minimum absolute atomic E-state index is 0.0679. The fraction of sp³-hybridized carbons (Fsp3) is 0.357. The summed E-state index contributed by atoms with van der Waals surface area (Å²) in [6.07, 6.45) is 0. The van der Waals surface area contributed by atoms with E-state index in [2.05, 4.69) is 5.10 Å². The molecule has 0 fully saturated rings. The molecule has 0 amide bonds. The Hall–Kier alpha value is -1.62. The second-order valence-electron chi connectivity index (χ2n) is 4.65. The molecule has 1 aromatic carbocycles. The first-order valence-electron chi connectivity index (χ1n) is 6.20. The normalized spacial score (nSPS) is 11.7. The van der Waals surface area contributed by atoms with Crippen LogP contribution in [0.5, 0.6) is 0 Å². The highest BCUT2D eigenvalue weighted by Gasteiger charge is 2.15. The Morgan fingerprint density at radius 1 is 1.11 bits per heavy atom. The highest BCUT2D eigenvalue weighted by molar-refractivity contribution is 7.91. The molecule has 1 heterocycles. The maximum absolute atomic E-state index is 12.2. The predicted octanol–water partition coefficient (Wildman–Crippen LogP) is 2.28. The van der Waals surface area contributed by atoms with Crippen LogP contribution in [0, 0.1) is 20.8 Å². The van der Waals surface area contributed by atoms with Crippen LogP contribution in [0.1, 0.15) is 17.0 Å². The van der Waals surface area contributed by atoms with Gasteiger partial charge in [0, 0.05) is 5.69 Å². The van der Waals surface area contributed by atoms with E-state index in [1.165, 1.54) is 0 Å². The molecule has 0 saturated heterocycles. The van der Waals surface area contributed by atoms with E-state index in [1.807, 2.05) is 26.8 Å². The Labute approximate surface area is 114 Å². The van der Waals surface area contributed by atoms with Crippen LogP contribution >= 0.6 is 0 Å². The first-order chi connectivity index (χ1) is 8.92. The molecule has 19 heavy (non-hydrogen) atoms. The van der Waals surface area contributed by atoms with Gasteiger partial charge in [-0.05, 0) is 38.5 Å². The van der Waals surface area contributed by atoms with Crippen molar-refractivity contribution in [2.45, 2.75) is 32.2 Å². The van der Waals surface area contributed by atoms with Crippen LogP contribution in [0.15, 0.2) is 35.2 Å². The molecule has 0 radical (unpaired) electrons. The van der Waals surface area contributed by atoms with Gasteiger partial charge in [0.25, 0.3) is 0 Å². The van der Waals surface area contributed by atoms with E-state index in [0.717, 1.165) is 17.0 Å². The van der Waals surface area contributed by atoms with Crippen molar-refractivity contribution in [2.24, 2.45) is 0 Å². The number of aromatic nitrogens is 2. The number of hydrogen-bond donors (Lipinski definition) is 0. The summed E-state index contributed by atoms with van der Waals surface area (Å²) in [6.45, 7) is 6.28. The third-order valence-electron chi connectivity index (χ3n) is 3.42. The van der Waals surface area contributed by atoms with Crippen molar-refractivity contribution < 1.29 is 8.42 Å². The molecule has 1 aromatic heterocycles. The average Bonchev–Trinajstić information content (AvgIpc) is 2.65. The number of aryl methyl sites for hydroxylation is 2. The van der Waals surface area contributed by atoms with E-state index in [1.54, 1.807) is 28.9 Å². The molecule has 0 saturated carbocycles. The summed E-state index contributed by atoms with van der Waals surface area (Å²) >= 11 is 0. The van der Waals surface area contributed by atoms with Gasteiger partial charge in [0.15, 0.2) is 9.84 Å². The fourth-order valence-electron chi connectivity index (χ4n) is 1.96. The van der Waals surface area contributed by atoms with Crippen molar-refractivity contribution in [1.29, 1.82) is 0 Å². The summed E-state index contributed by atoms with van der Waals surface area (Å²) in [7, 11) is -3.24. The van der Waals surface area contributed by atoms with Crippen LogP contribution in [0.4, 0.5) is 0 Å². The molecule has 0 N–H and O–H groups in total. The lowest BCUT2D eigenvalue weighted by atomic mass is 10.2. The molecule has 0 spiro atoms. The molecule has 0 aliphatic carbocycles. The van der Waals surface area contributed by atoms with Gasteiger partial charge in [-0.25, -0.2) is 8.42 Å². The van der Waals surface area contributed by atoms with Gasteiger partial charge >= 0.3 is 0 Å². The lowest BCUT2D eigenvalue weighted by molar-refractivity contribution is 0.576. The van der Waals surface area contributed by atoms with E-state index < -0.39 is 9.84 Å². The molecule has 2 rings (SSSR count). The topological polar surface area (TPSA) is 52.0 Å². The van der Waals surface area contributed by atoms with E-state index in [4.69, 9.17) is 0 Å². The molecule has 5 heteroatoms. The zero-order valence-corrected chi connectivity index (χ0v) is 12.2. The Balaban J connectivity index is 2.17. The molecule has 0 atom stereocenters. The summed E-state index contributed by atoms with van der Waals surface area (Å²) in [5.74, 6) is 0.0679. The third-order valence-corrected chi connectivity index (χ3v) is 5.13. The van der Waals surface area contributed by atoms with Crippen LogP contribution in [0.25, 0.3) is 0 Å². The fourth-order valence-corrected chi connectivity index (χ4v) is 3.18. The first-order valence-corrected chi connectivity index (χ1v) is 7.85. The molecular weight excluding hydrogens is 260 g/mol. The number of benzene rings is 1. The minimum Gasteiger partial charge on any atom is -0.268 e. The Morgan fingerprint density at radius 3 is 2.26 bits per heavy atom. The Morgan fingerprint density at radius 2 is 1.74 bits per heavy atom. The number of rotatable bonds is 4. The molecule has 0 aliphatic rings. The Bertz CT molecular complexity index is 673. The Kier molecular flexibility index (Phi) is 3.75. The summed E-state index contributed by atoms with van der Waals surface area (Å²) < 4.78 is 26.1. The van der Waals surface area contributed by atoms with Crippen molar-refractivity contribution in [3.05, 3.63) is 47.3 Å². The summed E-state index contributed by atoms with van der Waals surface area (Å²) in [5.41, 5.74) is 3.10. The highest BCUT2D eigenvalue weighted by Crippen LogP contribution is 2.14. The van der Waals surface area contributed by atoms with E-state index in [-0.39, 0.29) is 5.75 Å². The lowest BCUT2D eigenvalue weighted by Gasteiger charge is -2.06. The molecule has 0 unspecified atom stereocenters. The first kappa shape index (κ1) is 13.8. The van der Waals surface area contributed by atoms with Gasteiger partial charge in [-0.2, -0.15) is 5.10 Å². The molecule has 2 aromatic rings. The molecular formula is C14H18N2O2S. The van der Waals surface area contributed by atoms with Gasteiger partial charge < -0.3 is 0 Å². The smallest absolute Gasteiger partial charge is 0.180 e. The SMILES string of the molecule is Cc1nn(CCS(=O)(=O)c2ccccc2)c(C)c1C. The van der Waals surface area contributed by atoms with Gasteiger partial charge in [-0.15, -0.1) is 0 Å². The largest absolute Gasteiger partial charge is 0.268 e. The zero-order valence-electron chi connectivity index (χ0n) is 11.4. The van der Waals surface area contributed by atoms with Crippen molar-refractivity contribution in [1.82, 2.24) is 9.78 Å². The number of sulfone groups is 1. The maximum atomic E-state index is 12.2. The highest BCUT2D eigenvalue weighted by atomic mass is 32.2. The second kappa shape index (κ2) is 5.17. The summed E-state index contributed by atoms with van der Waals surface area (Å²) in [6, 6.07) is 8.54.